The van der Waals surface area contributed by atoms with Gasteiger partial charge in [-0.2, -0.15) is 0 Å². The molecule has 0 radical (unpaired) electrons. The van der Waals surface area contributed by atoms with E-state index in [4.69, 9.17) is 15.2 Å². The number of aromatic amines is 1. The molecule has 176 valence electrons. The van der Waals surface area contributed by atoms with Crippen LogP contribution in [0.25, 0.3) is 21.8 Å². The van der Waals surface area contributed by atoms with Crippen LogP contribution in [-0.2, 0) is 0 Å². The van der Waals surface area contributed by atoms with Gasteiger partial charge < -0.3 is 30.6 Å². The number of anilines is 3. The van der Waals surface area contributed by atoms with E-state index >= 15 is 0 Å². The van der Waals surface area contributed by atoms with Crippen LogP contribution < -0.4 is 26.1 Å². The van der Waals surface area contributed by atoms with E-state index in [0.717, 1.165) is 19.6 Å². The van der Waals surface area contributed by atoms with Crippen molar-refractivity contribution >= 4 is 39.1 Å². The Morgan fingerprint density at radius 1 is 1.18 bits per heavy atom. The lowest BCUT2D eigenvalue weighted by molar-refractivity contribution is 0.230. The molecule has 2 aromatic carbocycles. The Bertz CT molecular complexity index is 1410. The van der Waals surface area contributed by atoms with Gasteiger partial charge in [-0.05, 0) is 50.2 Å². The van der Waals surface area contributed by atoms with Crippen molar-refractivity contribution in [3.05, 3.63) is 46.9 Å². The van der Waals surface area contributed by atoms with Gasteiger partial charge in [0.15, 0.2) is 11.5 Å². The minimum absolute atomic E-state index is 0.113. The number of phenols is 1. The van der Waals surface area contributed by atoms with Gasteiger partial charge in [0.2, 0.25) is 5.95 Å². The summed E-state index contributed by atoms with van der Waals surface area (Å²) in [6.45, 7) is 3.75. The van der Waals surface area contributed by atoms with Crippen LogP contribution in [-0.4, -0.2) is 58.3 Å². The number of nitrogens with zero attached hydrogens (tertiary/aromatic N) is 3. The Kier molecular flexibility index (Phi) is 5.81. The highest BCUT2D eigenvalue weighted by molar-refractivity contribution is 6.05. The Morgan fingerprint density at radius 3 is 2.79 bits per heavy atom. The summed E-state index contributed by atoms with van der Waals surface area (Å²) >= 11 is 0. The van der Waals surface area contributed by atoms with Gasteiger partial charge in [0.25, 0.3) is 5.56 Å². The summed E-state index contributed by atoms with van der Waals surface area (Å²) in [6, 6.07) is 8.40. The zero-order chi connectivity index (χ0) is 23.7. The molecule has 0 atom stereocenters. The second-order valence-electron chi connectivity index (χ2n) is 8.25. The topological polar surface area (TPSA) is 139 Å². The number of likely N-dealkylation sites (tertiary alicyclic amines) is 1. The lowest BCUT2D eigenvalue weighted by Gasteiger charge is -2.16. The molecule has 5 N–H and O–H groups in total. The number of nitrogens with two attached hydrogens (primary N) is 1. The fourth-order valence-corrected chi connectivity index (χ4v) is 4.20. The maximum atomic E-state index is 12.4. The van der Waals surface area contributed by atoms with Gasteiger partial charge in [-0.25, -0.2) is 9.97 Å². The van der Waals surface area contributed by atoms with Gasteiger partial charge in [-0.3, -0.25) is 9.69 Å². The number of hydrogen-bond donors (Lipinski definition) is 4. The Balaban J connectivity index is 1.39. The smallest absolute Gasteiger partial charge is 0.256 e. The van der Waals surface area contributed by atoms with Crippen LogP contribution in [0, 0.1) is 0 Å². The molecule has 1 aliphatic rings. The average Bonchev–Trinajstić information content (AvgIpc) is 3.35. The number of phenolic OH excluding ortho intramolecular Hbond substituents is 1. The maximum absolute atomic E-state index is 12.4. The van der Waals surface area contributed by atoms with Crippen molar-refractivity contribution in [1.82, 2.24) is 19.9 Å². The number of benzene rings is 2. The number of rotatable bonds is 7. The number of nitrogens with one attached hydrogen (secondary N) is 2. The van der Waals surface area contributed by atoms with Crippen LogP contribution in [0.3, 0.4) is 0 Å². The molecular formula is C24H26N6O4. The first-order valence-electron chi connectivity index (χ1n) is 11.1. The standard InChI is InChI=1S/C24H26N6O4/c1-33-21-10-14(4-5-20(21)34-9-8-30-6-2-3-7-30)27-24-26-13-18-22(29-24)15-12-19(31)17(25)11-16(15)23(32)28-18/h4-5,10-13,31H,2-3,6-9,25H2,1H3,(H,28,32)(H,26,27,29). The molecule has 10 heteroatoms. The number of hydrogen-bond acceptors (Lipinski definition) is 9. The molecule has 0 aliphatic carbocycles. The van der Waals surface area contributed by atoms with Crippen molar-refractivity contribution in [2.45, 2.75) is 12.8 Å². The van der Waals surface area contributed by atoms with E-state index in [9.17, 15) is 9.90 Å². The first-order valence-corrected chi connectivity index (χ1v) is 11.1. The van der Waals surface area contributed by atoms with Crippen LogP contribution in [0.1, 0.15) is 12.8 Å². The monoisotopic (exact) mass is 462 g/mol. The predicted octanol–water partition coefficient (Wildman–Crippen LogP) is 2.99. The van der Waals surface area contributed by atoms with Gasteiger partial charge in [-0.1, -0.05) is 0 Å². The van der Waals surface area contributed by atoms with E-state index in [0.29, 0.717) is 51.5 Å². The minimum Gasteiger partial charge on any atom is -0.506 e. The second kappa shape index (κ2) is 9.06. The SMILES string of the molecule is COc1cc(Nc2ncc3[nH]c(=O)c4cc(N)c(O)cc4c3n2)ccc1OCCN1CCCC1. The number of aromatic hydroxyl groups is 1. The van der Waals surface area contributed by atoms with E-state index in [2.05, 4.69) is 25.2 Å². The molecule has 2 aromatic heterocycles. The quantitative estimate of drug-likeness (QED) is 0.185. The summed E-state index contributed by atoms with van der Waals surface area (Å²) in [7, 11) is 1.60. The summed E-state index contributed by atoms with van der Waals surface area (Å²) < 4.78 is 11.5. The fourth-order valence-electron chi connectivity index (χ4n) is 4.20. The minimum atomic E-state index is -0.330. The lowest BCUT2D eigenvalue weighted by Crippen LogP contribution is -2.25. The van der Waals surface area contributed by atoms with Gasteiger partial charge in [-0.15, -0.1) is 0 Å². The van der Waals surface area contributed by atoms with Gasteiger partial charge in [0.05, 0.1) is 29.9 Å². The number of pyridine rings is 1. The maximum Gasteiger partial charge on any atom is 0.256 e. The second-order valence-corrected chi connectivity index (χ2v) is 8.25. The molecule has 0 saturated carbocycles. The molecule has 1 fully saturated rings. The normalized spacial score (nSPS) is 14.0. The molecule has 0 spiro atoms. The van der Waals surface area contributed by atoms with Gasteiger partial charge in [0, 0.05) is 23.7 Å². The Morgan fingerprint density at radius 2 is 2.00 bits per heavy atom. The fraction of sp³-hybridized carbons (Fsp3) is 0.292. The third-order valence-electron chi connectivity index (χ3n) is 5.99. The molecule has 0 amide bonds. The van der Waals surface area contributed by atoms with Crippen molar-refractivity contribution in [2.75, 3.05) is 44.4 Å². The molecular weight excluding hydrogens is 436 g/mol. The van der Waals surface area contributed by atoms with Crippen LogP contribution >= 0.6 is 0 Å². The number of nitrogen functional groups attached to an aromatic ring is 1. The molecule has 34 heavy (non-hydrogen) atoms. The Labute approximate surface area is 195 Å². The number of fused-ring (bicyclic) bond motifs is 3. The molecule has 5 rings (SSSR count). The Hall–Kier alpha value is -4.05. The van der Waals surface area contributed by atoms with Crippen molar-refractivity contribution in [1.29, 1.82) is 0 Å². The van der Waals surface area contributed by atoms with Crippen LogP contribution in [0.15, 0.2) is 41.3 Å². The van der Waals surface area contributed by atoms with Crippen molar-refractivity contribution in [2.24, 2.45) is 0 Å². The highest BCUT2D eigenvalue weighted by atomic mass is 16.5. The summed E-state index contributed by atoms with van der Waals surface area (Å²) in [5, 5.41) is 14.0. The van der Waals surface area contributed by atoms with E-state index in [-0.39, 0.29) is 17.0 Å². The number of H-pyrrole nitrogens is 1. The van der Waals surface area contributed by atoms with E-state index in [1.54, 1.807) is 7.11 Å². The number of methoxy groups -OCH3 is 1. The molecule has 1 saturated heterocycles. The highest BCUT2D eigenvalue weighted by Gasteiger charge is 2.14. The predicted molar refractivity (Wildman–Crippen MR) is 131 cm³/mol. The van der Waals surface area contributed by atoms with E-state index in [1.807, 2.05) is 18.2 Å². The summed E-state index contributed by atoms with van der Waals surface area (Å²) in [5.74, 6) is 1.48. The number of ether oxygens (including phenoxy) is 2. The molecule has 0 bridgehead atoms. The third kappa shape index (κ3) is 4.27. The first-order chi connectivity index (χ1) is 16.5. The molecule has 10 nitrogen and oxygen atoms in total. The molecule has 1 aliphatic heterocycles. The third-order valence-corrected chi connectivity index (χ3v) is 5.99. The average molecular weight is 463 g/mol. The summed E-state index contributed by atoms with van der Waals surface area (Å²) in [6.07, 6.45) is 4.02. The van der Waals surface area contributed by atoms with Crippen LogP contribution in [0.5, 0.6) is 17.2 Å². The zero-order valence-electron chi connectivity index (χ0n) is 18.8. The van der Waals surface area contributed by atoms with Crippen LogP contribution in [0.4, 0.5) is 17.3 Å². The van der Waals surface area contributed by atoms with E-state index < -0.39 is 0 Å². The first kappa shape index (κ1) is 21.8. The van der Waals surface area contributed by atoms with Crippen molar-refractivity contribution in [3.8, 4) is 17.2 Å². The van der Waals surface area contributed by atoms with E-state index in [1.165, 1.54) is 31.2 Å². The van der Waals surface area contributed by atoms with Gasteiger partial charge >= 0.3 is 0 Å². The molecule has 0 unspecified atom stereocenters. The van der Waals surface area contributed by atoms with Crippen LogP contribution in [0.2, 0.25) is 0 Å². The van der Waals surface area contributed by atoms with Crippen molar-refractivity contribution in [3.63, 3.8) is 0 Å². The van der Waals surface area contributed by atoms with Crippen molar-refractivity contribution < 1.29 is 14.6 Å². The summed E-state index contributed by atoms with van der Waals surface area (Å²) in [4.78, 5) is 26.4. The molecule has 4 aromatic rings. The molecule has 3 heterocycles. The largest absolute Gasteiger partial charge is 0.506 e. The highest BCUT2D eigenvalue weighted by Crippen LogP contribution is 2.32. The zero-order valence-corrected chi connectivity index (χ0v) is 18.8. The number of aromatic nitrogens is 3. The summed E-state index contributed by atoms with van der Waals surface area (Å²) in [5.41, 5.74) is 7.20. The van der Waals surface area contributed by atoms with Gasteiger partial charge in [0.1, 0.15) is 17.9 Å². The lowest BCUT2D eigenvalue weighted by atomic mass is 10.1.